The second-order valence-corrected chi connectivity index (χ2v) is 5.69. The monoisotopic (exact) mass is 246 g/mol. The van der Waals surface area contributed by atoms with Gasteiger partial charge < -0.3 is 5.32 Å². The normalized spacial score (nSPS) is 22.3. The van der Waals surface area contributed by atoms with Crippen LogP contribution in [-0.2, 0) is 0 Å². The first kappa shape index (κ1) is 13.6. The van der Waals surface area contributed by atoms with Crippen LogP contribution >= 0.6 is 0 Å². The van der Waals surface area contributed by atoms with Crippen LogP contribution in [0.1, 0.15) is 42.5 Å². The molecule has 1 aliphatic rings. The lowest BCUT2D eigenvalue weighted by Gasteiger charge is -2.28. The summed E-state index contributed by atoms with van der Waals surface area (Å²) in [6.45, 7) is 9.11. The van der Waals surface area contributed by atoms with Gasteiger partial charge in [0.1, 0.15) is 0 Å². The van der Waals surface area contributed by atoms with Gasteiger partial charge in [0, 0.05) is 18.6 Å². The van der Waals surface area contributed by atoms with Crippen molar-refractivity contribution in [3.8, 4) is 0 Å². The first-order valence-corrected chi connectivity index (χ1v) is 7.10. The Morgan fingerprint density at radius 2 is 2.17 bits per heavy atom. The fourth-order valence-corrected chi connectivity index (χ4v) is 3.06. The molecular formula is C16H26N2. The minimum absolute atomic E-state index is 0.450. The molecule has 1 saturated heterocycles. The first-order chi connectivity index (χ1) is 8.61. The van der Waals surface area contributed by atoms with E-state index in [1.165, 1.54) is 36.1 Å². The van der Waals surface area contributed by atoms with Crippen LogP contribution in [0.5, 0.6) is 0 Å². The van der Waals surface area contributed by atoms with Crippen molar-refractivity contribution in [2.45, 2.75) is 45.7 Å². The lowest BCUT2D eigenvalue weighted by Crippen LogP contribution is -2.36. The summed E-state index contributed by atoms with van der Waals surface area (Å²) in [7, 11) is 2.07. The molecule has 1 heterocycles. The maximum atomic E-state index is 3.48. The highest BCUT2D eigenvalue weighted by Crippen LogP contribution is 2.24. The second kappa shape index (κ2) is 5.85. The van der Waals surface area contributed by atoms with Crippen LogP contribution in [0.25, 0.3) is 0 Å². The Morgan fingerprint density at radius 3 is 2.72 bits per heavy atom. The number of nitrogens with one attached hydrogen (secondary N) is 1. The fraction of sp³-hybridized carbons (Fsp3) is 0.625. The number of rotatable bonds is 4. The molecule has 0 amide bonds. The molecule has 1 aromatic rings. The van der Waals surface area contributed by atoms with Crippen molar-refractivity contribution >= 4 is 0 Å². The largest absolute Gasteiger partial charge is 0.312 e. The highest BCUT2D eigenvalue weighted by Gasteiger charge is 2.23. The maximum absolute atomic E-state index is 3.48. The maximum Gasteiger partial charge on any atom is 0.0449 e. The van der Waals surface area contributed by atoms with Crippen LogP contribution in [0.2, 0.25) is 0 Å². The van der Waals surface area contributed by atoms with Gasteiger partial charge in [-0.3, -0.25) is 4.90 Å². The zero-order valence-corrected chi connectivity index (χ0v) is 12.2. The average molecular weight is 246 g/mol. The quantitative estimate of drug-likeness (QED) is 0.878. The molecule has 100 valence electrons. The molecule has 0 radical (unpaired) electrons. The van der Waals surface area contributed by atoms with E-state index in [1.807, 2.05) is 0 Å². The number of aryl methyl sites for hydroxylation is 2. The SMILES string of the molecule is CNC(CN1CCCC1C)c1ccc(C)cc1C. The Kier molecular flexibility index (Phi) is 4.41. The highest BCUT2D eigenvalue weighted by molar-refractivity contribution is 5.33. The van der Waals surface area contributed by atoms with Gasteiger partial charge in [-0.25, -0.2) is 0 Å². The summed E-state index contributed by atoms with van der Waals surface area (Å²) in [5, 5.41) is 3.48. The van der Waals surface area contributed by atoms with E-state index in [9.17, 15) is 0 Å². The Morgan fingerprint density at radius 1 is 1.39 bits per heavy atom. The smallest absolute Gasteiger partial charge is 0.0449 e. The zero-order chi connectivity index (χ0) is 13.1. The molecule has 2 heteroatoms. The molecule has 2 nitrogen and oxygen atoms in total. The van der Waals surface area contributed by atoms with Crippen molar-refractivity contribution in [2.75, 3.05) is 20.1 Å². The van der Waals surface area contributed by atoms with Gasteiger partial charge in [0.2, 0.25) is 0 Å². The van der Waals surface area contributed by atoms with Gasteiger partial charge in [-0.15, -0.1) is 0 Å². The van der Waals surface area contributed by atoms with Crippen molar-refractivity contribution in [3.05, 3.63) is 34.9 Å². The van der Waals surface area contributed by atoms with Crippen molar-refractivity contribution < 1.29 is 0 Å². The molecule has 1 aromatic carbocycles. The molecule has 18 heavy (non-hydrogen) atoms. The Balaban J connectivity index is 2.12. The predicted octanol–water partition coefficient (Wildman–Crippen LogP) is 3.05. The van der Waals surface area contributed by atoms with Crippen LogP contribution in [0.15, 0.2) is 18.2 Å². The number of nitrogens with zero attached hydrogens (tertiary/aromatic N) is 1. The van der Waals surface area contributed by atoms with Gasteiger partial charge in [-0.2, -0.15) is 0 Å². The van der Waals surface area contributed by atoms with Gasteiger partial charge in [0.15, 0.2) is 0 Å². The summed E-state index contributed by atoms with van der Waals surface area (Å²) >= 11 is 0. The first-order valence-electron chi connectivity index (χ1n) is 7.10. The lowest BCUT2D eigenvalue weighted by atomic mass is 9.98. The van der Waals surface area contributed by atoms with Gasteiger partial charge in [-0.05, 0) is 58.3 Å². The van der Waals surface area contributed by atoms with Crippen LogP contribution in [0.4, 0.5) is 0 Å². The molecular weight excluding hydrogens is 220 g/mol. The van der Waals surface area contributed by atoms with E-state index in [-0.39, 0.29) is 0 Å². The molecule has 2 atom stereocenters. The molecule has 0 aromatic heterocycles. The van der Waals surface area contributed by atoms with E-state index in [4.69, 9.17) is 0 Å². The van der Waals surface area contributed by atoms with Gasteiger partial charge in [0.25, 0.3) is 0 Å². The summed E-state index contributed by atoms with van der Waals surface area (Å²) in [6.07, 6.45) is 2.70. The summed E-state index contributed by atoms with van der Waals surface area (Å²) in [6, 6.07) is 7.98. The van der Waals surface area contributed by atoms with E-state index in [1.54, 1.807) is 0 Å². The molecule has 2 rings (SSSR count). The summed E-state index contributed by atoms with van der Waals surface area (Å²) < 4.78 is 0. The van der Waals surface area contributed by atoms with Crippen molar-refractivity contribution in [3.63, 3.8) is 0 Å². The third-order valence-electron chi connectivity index (χ3n) is 4.26. The fourth-order valence-electron chi connectivity index (χ4n) is 3.06. The predicted molar refractivity (Wildman–Crippen MR) is 78.0 cm³/mol. The minimum Gasteiger partial charge on any atom is -0.312 e. The third kappa shape index (κ3) is 2.93. The molecule has 0 bridgehead atoms. The van der Waals surface area contributed by atoms with Crippen LogP contribution < -0.4 is 5.32 Å². The van der Waals surface area contributed by atoms with Gasteiger partial charge in [0.05, 0.1) is 0 Å². The average Bonchev–Trinajstić information content (AvgIpc) is 2.73. The highest BCUT2D eigenvalue weighted by atomic mass is 15.2. The van der Waals surface area contributed by atoms with Crippen molar-refractivity contribution in [1.82, 2.24) is 10.2 Å². The number of likely N-dealkylation sites (N-methyl/N-ethyl adjacent to an activating group) is 1. The standard InChI is InChI=1S/C16H26N2/c1-12-7-8-15(13(2)10-12)16(17-4)11-18-9-5-6-14(18)3/h7-8,10,14,16-17H,5-6,9,11H2,1-4H3. The minimum atomic E-state index is 0.450. The van der Waals surface area contributed by atoms with E-state index in [0.717, 1.165) is 12.6 Å². The molecule has 1 N–H and O–H groups in total. The van der Waals surface area contributed by atoms with Gasteiger partial charge >= 0.3 is 0 Å². The molecule has 1 fully saturated rings. The molecule has 0 aliphatic carbocycles. The molecule has 0 saturated carbocycles. The van der Waals surface area contributed by atoms with Crippen molar-refractivity contribution in [2.24, 2.45) is 0 Å². The Hall–Kier alpha value is -0.860. The van der Waals surface area contributed by atoms with E-state index in [0.29, 0.717) is 6.04 Å². The van der Waals surface area contributed by atoms with Crippen LogP contribution in [0, 0.1) is 13.8 Å². The summed E-state index contributed by atoms with van der Waals surface area (Å²) in [5.74, 6) is 0. The topological polar surface area (TPSA) is 15.3 Å². The number of benzene rings is 1. The van der Waals surface area contributed by atoms with Crippen LogP contribution in [0.3, 0.4) is 0 Å². The summed E-state index contributed by atoms with van der Waals surface area (Å²) in [4.78, 5) is 2.61. The summed E-state index contributed by atoms with van der Waals surface area (Å²) in [5.41, 5.74) is 4.20. The van der Waals surface area contributed by atoms with Crippen LogP contribution in [-0.4, -0.2) is 31.1 Å². The van der Waals surface area contributed by atoms with Gasteiger partial charge in [-0.1, -0.05) is 23.8 Å². The number of hydrogen-bond donors (Lipinski definition) is 1. The third-order valence-corrected chi connectivity index (χ3v) is 4.26. The van der Waals surface area contributed by atoms with E-state index < -0.39 is 0 Å². The van der Waals surface area contributed by atoms with E-state index >= 15 is 0 Å². The second-order valence-electron chi connectivity index (χ2n) is 5.69. The molecule has 0 spiro atoms. The number of hydrogen-bond acceptors (Lipinski definition) is 2. The molecule has 2 unspecified atom stereocenters. The number of likely N-dealkylation sites (tertiary alicyclic amines) is 1. The zero-order valence-electron chi connectivity index (χ0n) is 12.2. The Labute approximate surface area is 111 Å². The lowest BCUT2D eigenvalue weighted by molar-refractivity contribution is 0.241. The molecule has 1 aliphatic heterocycles. The van der Waals surface area contributed by atoms with E-state index in [2.05, 4.69) is 56.2 Å². The van der Waals surface area contributed by atoms with Crippen molar-refractivity contribution in [1.29, 1.82) is 0 Å². The Bertz CT molecular complexity index is 400.